The topological polar surface area (TPSA) is 86.1 Å². The summed E-state index contributed by atoms with van der Waals surface area (Å²) in [5.41, 5.74) is 2.13. The summed E-state index contributed by atoms with van der Waals surface area (Å²) in [5.74, 6) is -0.574. The summed E-state index contributed by atoms with van der Waals surface area (Å²) >= 11 is 2.64. The standard InChI is InChI=1S/C16H18N4O3S2/c1-5-20-10(7-8(3)19-20)13(21)17-16-18-14-11(25-16)9(4)12(24-14)15(22)23-6-2/h7H,5-6H2,1-4H3,(H,17,18,21). The van der Waals surface area contributed by atoms with E-state index >= 15 is 0 Å². The van der Waals surface area contributed by atoms with E-state index in [1.807, 2.05) is 20.8 Å². The minimum atomic E-state index is -0.330. The molecule has 0 spiro atoms. The first-order chi connectivity index (χ1) is 11.9. The molecule has 3 aromatic heterocycles. The van der Waals surface area contributed by atoms with Gasteiger partial charge < -0.3 is 4.74 Å². The third kappa shape index (κ3) is 3.29. The fraction of sp³-hybridized carbons (Fsp3) is 0.375. The van der Waals surface area contributed by atoms with Crippen LogP contribution in [0, 0.1) is 13.8 Å². The zero-order valence-electron chi connectivity index (χ0n) is 14.4. The number of amides is 1. The maximum Gasteiger partial charge on any atom is 0.348 e. The number of hydrogen-bond donors (Lipinski definition) is 1. The van der Waals surface area contributed by atoms with Crippen LogP contribution in [0.4, 0.5) is 5.13 Å². The van der Waals surface area contributed by atoms with Crippen LogP contribution in [0.1, 0.15) is 45.3 Å². The van der Waals surface area contributed by atoms with Gasteiger partial charge in [-0.3, -0.25) is 14.8 Å². The molecule has 0 bridgehead atoms. The number of carbonyl (C=O) groups is 2. The van der Waals surface area contributed by atoms with Gasteiger partial charge in [-0.2, -0.15) is 5.10 Å². The van der Waals surface area contributed by atoms with Crippen molar-refractivity contribution in [3.63, 3.8) is 0 Å². The quantitative estimate of drug-likeness (QED) is 0.685. The third-order valence-corrected chi connectivity index (χ3v) is 5.98. The van der Waals surface area contributed by atoms with Gasteiger partial charge in [-0.1, -0.05) is 11.3 Å². The molecule has 0 aromatic carbocycles. The second kappa shape index (κ2) is 6.93. The summed E-state index contributed by atoms with van der Waals surface area (Å²) in [6.45, 7) is 8.38. The molecular formula is C16H18N4O3S2. The molecule has 0 fully saturated rings. The average molecular weight is 378 g/mol. The van der Waals surface area contributed by atoms with Gasteiger partial charge in [-0.15, -0.1) is 11.3 Å². The lowest BCUT2D eigenvalue weighted by Crippen LogP contribution is -2.17. The number of ether oxygens (including phenoxy) is 1. The predicted octanol–water partition coefficient (Wildman–Crippen LogP) is 3.62. The van der Waals surface area contributed by atoms with E-state index in [-0.39, 0.29) is 11.9 Å². The number of hydrogen-bond acceptors (Lipinski definition) is 7. The molecule has 1 amide bonds. The second-order valence-electron chi connectivity index (χ2n) is 5.37. The van der Waals surface area contributed by atoms with Gasteiger partial charge in [-0.25, -0.2) is 9.78 Å². The minimum absolute atomic E-state index is 0.243. The van der Waals surface area contributed by atoms with Gasteiger partial charge >= 0.3 is 5.97 Å². The fourth-order valence-electron chi connectivity index (χ4n) is 2.46. The van der Waals surface area contributed by atoms with Gasteiger partial charge in [-0.05, 0) is 39.3 Å². The first-order valence-electron chi connectivity index (χ1n) is 7.87. The highest BCUT2D eigenvalue weighted by Crippen LogP contribution is 2.37. The van der Waals surface area contributed by atoms with Crippen LogP contribution in [0.25, 0.3) is 9.53 Å². The van der Waals surface area contributed by atoms with Crippen molar-refractivity contribution >= 4 is 49.2 Å². The molecule has 0 aliphatic carbocycles. The summed E-state index contributed by atoms with van der Waals surface area (Å²) in [4.78, 5) is 30.1. The first kappa shape index (κ1) is 17.6. The molecule has 3 aromatic rings. The molecule has 3 heterocycles. The zero-order valence-corrected chi connectivity index (χ0v) is 16.0. The summed E-state index contributed by atoms with van der Waals surface area (Å²) < 4.78 is 7.61. The average Bonchev–Trinajstić information content (AvgIpc) is 3.22. The van der Waals surface area contributed by atoms with E-state index in [0.29, 0.717) is 28.9 Å². The maximum absolute atomic E-state index is 12.5. The fourth-order valence-corrected chi connectivity index (χ4v) is 4.67. The lowest BCUT2D eigenvalue weighted by Gasteiger charge is -2.03. The van der Waals surface area contributed by atoms with Crippen LogP contribution in [0.5, 0.6) is 0 Å². The van der Waals surface area contributed by atoms with Crippen molar-refractivity contribution in [2.45, 2.75) is 34.2 Å². The molecule has 132 valence electrons. The summed E-state index contributed by atoms with van der Waals surface area (Å²) in [5, 5.41) is 7.60. The number of anilines is 1. The number of aryl methyl sites for hydroxylation is 3. The van der Waals surface area contributed by atoms with Gasteiger partial charge in [0.2, 0.25) is 0 Å². The molecule has 0 atom stereocenters. The Hall–Kier alpha value is -2.26. The van der Waals surface area contributed by atoms with E-state index in [2.05, 4.69) is 15.4 Å². The molecule has 0 aliphatic rings. The van der Waals surface area contributed by atoms with E-state index in [0.717, 1.165) is 20.8 Å². The SMILES string of the molecule is CCOC(=O)c1sc2nc(NC(=O)c3cc(C)nn3CC)sc2c1C. The summed E-state index contributed by atoms with van der Waals surface area (Å²) in [6.07, 6.45) is 0. The van der Waals surface area contributed by atoms with Crippen LogP contribution < -0.4 is 5.32 Å². The van der Waals surface area contributed by atoms with Crippen LogP contribution in [0.2, 0.25) is 0 Å². The van der Waals surface area contributed by atoms with Crippen LogP contribution in [0.15, 0.2) is 6.07 Å². The number of aromatic nitrogens is 3. The van der Waals surface area contributed by atoms with Gasteiger partial charge in [0.1, 0.15) is 15.4 Å². The van der Waals surface area contributed by atoms with Crippen LogP contribution in [-0.2, 0) is 11.3 Å². The van der Waals surface area contributed by atoms with Gasteiger partial charge in [0.15, 0.2) is 5.13 Å². The Morgan fingerprint density at radius 1 is 1.28 bits per heavy atom. The van der Waals surface area contributed by atoms with Gasteiger partial charge in [0.25, 0.3) is 5.91 Å². The van der Waals surface area contributed by atoms with Crippen molar-refractivity contribution in [2.24, 2.45) is 0 Å². The number of fused-ring (bicyclic) bond motifs is 1. The van der Waals surface area contributed by atoms with E-state index in [1.54, 1.807) is 17.7 Å². The number of nitrogens with zero attached hydrogens (tertiary/aromatic N) is 3. The lowest BCUT2D eigenvalue weighted by molar-refractivity contribution is 0.0531. The number of thiophene rings is 1. The molecule has 25 heavy (non-hydrogen) atoms. The van der Waals surface area contributed by atoms with Crippen molar-refractivity contribution in [1.29, 1.82) is 0 Å². The van der Waals surface area contributed by atoms with Crippen molar-refractivity contribution < 1.29 is 14.3 Å². The molecule has 0 unspecified atom stereocenters. The minimum Gasteiger partial charge on any atom is -0.462 e. The molecular weight excluding hydrogens is 360 g/mol. The molecule has 1 N–H and O–H groups in total. The smallest absolute Gasteiger partial charge is 0.348 e. The second-order valence-corrected chi connectivity index (χ2v) is 7.37. The summed E-state index contributed by atoms with van der Waals surface area (Å²) in [6, 6.07) is 1.75. The Bertz CT molecular complexity index is 954. The highest BCUT2D eigenvalue weighted by atomic mass is 32.1. The van der Waals surface area contributed by atoms with Crippen LogP contribution in [-0.4, -0.2) is 33.2 Å². The Morgan fingerprint density at radius 3 is 2.68 bits per heavy atom. The number of rotatable bonds is 5. The molecule has 0 aliphatic heterocycles. The van der Waals surface area contributed by atoms with Crippen LogP contribution >= 0.6 is 22.7 Å². The molecule has 9 heteroatoms. The van der Waals surface area contributed by atoms with Gasteiger partial charge in [0.05, 0.1) is 17.0 Å². The molecule has 0 radical (unpaired) electrons. The number of nitrogens with one attached hydrogen (secondary N) is 1. The molecule has 3 rings (SSSR count). The zero-order chi connectivity index (χ0) is 18.1. The van der Waals surface area contributed by atoms with Crippen molar-refractivity contribution in [2.75, 3.05) is 11.9 Å². The lowest BCUT2D eigenvalue weighted by atomic mass is 10.3. The van der Waals surface area contributed by atoms with Crippen molar-refractivity contribution in [3.8, 4) is 0 Å². The van der Waals surface area contributed by atoms with E-state index < -0.39 is 0 Å². The third-order valence-electron chi connectivity index (χ3n) is 3.59. The number of carbonyl (C=O) groups excluding carboxylic acids is 2. The molecule has 7 nitrogen and oxygen atoms in total. The van der Waals surface area contributed by atoms with E-state index in [9.17, 15) is 9.59 Å². The largest absolute Gasteiger partial charge is 0.462 e. The van der Waals surface area contributed by atoms with Gasteiger partial charge in [0, 0.05) is 6.54 Å². The normalized spacial score (nSPS) is 11.0. The maximum atomic E-state index is 12.5. The Morgan fingerprint density at radius 2 is 2.04 bits per heavy atom. The van der Waals surface area contributed by atoms with Crippen molar-refractivity contribution in [3.05, 3.63) is 27.9 Å². The van der Waals surface area contributed by atoms with Crippen molar-refractivity contribution in [1.82, 2.24) is 14.8 Å². The summed E-state index contributed by atoms with van der Waals surface area (Å²) in [7, 11) is 0. The Balaban J connectivity index is 1.85. The first-order valence-corrected chi connectivity index (χ1v) is 9.50. The highest BCUT2D eigenvalue weighted by Gasteiger charge is 2.21. The Labute approximate surface area is 152 Å². The molecule has 0 saturated carbocycles. The highest BCUT2D eigenvalue weighted by molar-refractivity contribution is 7.30. The van der Waals surface area contributed by atoms with E-state index in [1.165, 1.54) is 22.7 Å². The van der Waals surface area contributed by atoms with Crippen LogP contribution in [0.3, 0.4) is 0 Å². The van der Waals surface area contributed by atoms with E-state index in [4.69, 9.17) is 4.74 Å². The molecule has 0 saturated heterocycles. The number of thiazole rings is 1. The monoisotopic (exact) mass is 378 g/mol. The Kier molecular flexibility index (Phi) is 4.87. The predicted molar refractivity (Wildman–Crippen MR) is 98.8 cm³/mol. The number of esters is 1.